The average Bonchev–Trinajstić information content (AvgIpc) is 3.10. The summed E-state index contributed by atoms with van der Waals surface area (Å²) < 4.78 is 0. The van der Waals surface area contributed by atoms with Crippen LogP contribution in [0.25, 0.3) is 0 Å². The van der Waals surface area contributed by atoms with E-state index < -0.39 is 6.04 Å². The van der Waals surface area contributed by atoms with Gasteiger partial charge in [0.25, 0.3) is 5.91 Å². The van der Waals surface area contributed by atoms with Gasteiger partial charge in [0.15, 0.2) is 0 Å². The lowest BCUT2D eigenvalue weighted by Gasteiger charge is -2.12. The zero-order valence-electron chi connectivity index (χ0n) is 11.6. The van der Waals surface area contributed by atoms with Gasteiger partial charge < -0.3 is 16.0 Å². The van der Waals surface area contributed by atoms with Crippen LogP contribution in [0.15, 0.2) is 0 Å². The Kier molecular flexibility index (Phi) is 4.89. The molecule has 1 aromatic rings. The lowest BCUT2D eigenvalue weighted by molar-refractivity contribution is -0.122. The molecule has 0 radical (unpaired) electrons. The Morgan fingerprint density at radius 3 is 2.80 bits per heavy atom. The number of aromatic nitrogens is 2. The van der Waals surface area contributed by atoms with Crippen molar-refractivity contribution in [1.82, 2.24) is 20.8 Å². The smallest absolute Gasteiger partial charge is 0.282 e. The number of nitrogens with one attached hydrogen (secondary N) is 3. The number of carbonyl (C=O) groups excluding carboxylic acids is 2. The van der Waals surface area contributed by atoms with Crippen LogP contribution in [-0.4, -0.2) is 40.6 Å². The van der Waals surface area contributed by atoms with Crippen molar-refractivity contribution in [2.75, 3.05) is 11.9 Å². The van der Waals surface area contributed by atoms with Crippen molar-refractivity contribution in [2.45, 2.75) is 45.2 Å². The molecule has 8 heteroatoms. The molecule has 20 heavy (non-hydrogen) atoms. The molecule has 1 aliphatic rings. The van der Waals surface area contributed by atoms with Gasteiger partial charge >= 0.3 is 0 Å². The Morgan fingerprint density at radius 2 is 2.15 bits per heavy atom. The number of rotatable bonds is 7. The first-order chi connectivity index (χ1) is 9.60. The molecule has 110 valence electrons. The minimum Gasteiger partial charge on any atom is -0.360 e. The zero-order chi connectivity index (χ0) is 14.5. The molecule has 2 rings (SSSR count). The van der Waals surface area contributed by atoms with Crippen LogP contribution < -0.4 is 16.0 Å². The van der Waals surface area contributed by atoms with Crippen LogP contribution in [0.4, 0.5) is 5.13 Å². The lowest BCUT2D eigenvalue weighted by Crippen LogP contribution is -2.45. The van der Waals surface area contributed by atoms with Gasteiger partial charge in [-0.3, -0.25) is 9.59 Å². The number of hydrogen-bond donors (Lipinski definition) is 3. The van der Waals surface area contributed by atoms with E-state index in [1.54, 1.807) is 6.92 Å². The minimum atomic E-state index is -0.570. The van der Waals surface area contributed by atoms with Crippen molar-refractivity contribution in [2.24, 2.45) is 0 Å². The summed E-state index contributed by atoms with van der Waals surface area (Å²) in [5.74, 6) is -0.528. The normalized spacial score (nSPS) is 15.5. The summed E-state index contributed by atoms with van der Waals surface area (Å²) >= 11 is 1.18. The summed E-state index contributed by atoms with van der Waals surface area (Å²) in [6, 6.07) is -0.285. The van der Waals surface area contributed by atoms with Gasteiger partial charge in [-0.05, 0) is 26.2 Å². The molecule has 1 saturated carbocycles. The number of amides is 2. The maximum absolute atomic E-state index is 11.9. The summed E-state index contributed by atoms with van der Waals surface area (Å²) in [6.07, 6.45) is 3.02. The highest BCUT2D eigenvalue weighted by Crippen LogP contribution is 2.18. The minimum absolute atomic E-state index is 0.158. The van der Waals surface area contributed by atoms with E-state index in [9.17, 15) is 9.59 Å². The van der Waals surface area contributed by atoms with Crippen LogP contribution >= 0.6 is 11.3 Å². The standard InChI is InChI=1S/C12H19N5O2S/c1-3-6-13-12-17-16-11(20-12)10(19)14-7(2)9(18)15-8-4-5-8/h7-8H,3-6H2,1-2H3,(H,13,17)(H,14,19)(H,15,18). The maximum Gasteiger partial charge on any atom is 0.282 e. The molecular formula is C12H19N5O2S. The largest absolute Gasteiger partial charge is 0.360 e. The van der Waals surface area contributed by atoms with Crippen molar-refractivity contribution in [1.29, 1.82) is 0 Å². The van der Waals surface area contributed by atoms with Gasteiger partial charge in [0.2, 0.25) is 16.0 Å². The molecule has 1 unspecified atom stereocenters. The van der Waals surface area contributed by atoms with E-state index in [4.69, 9.17) is 0 Å². The van der Waals surface area contributed by atoms with E-state index in [0.29, 0.717) is 5.13 Å². The fourth-order valence-electron chi connectivity index (χ4n) is 1.50. The molecule has 0 spiro atoms. The van der Waals surface area contributed by atoms with E-state index in [-0.39, 0.29) is 22.9 Å². The molecule has 2 amide bonds. The first kappa shape index (κ1) is 14.7. The van der Waals surface area contributed by atoms with Crippen molar-refractivity contribution in [3.63, 3.8) is 0 Å². The van der Waals surface area contributed by atoms with Crippen molar-refractivity contribution in [3.8, 4) is 0 Å². The Bertz CT molecular complexity index is 486. The fraction of sp³-hybridized carbons (Fsp3) is 0.667. The van der Waals surface area contributed by atoms with Gasteiger partial charge in [0.1, 0.15) is 6.04 Å². The van der Waals surface area contributed by atoms with Crippen LogP contribution in [0.1, 0.15) is 42.9 Å². The van der Waals surface area contributed by atoms with Gasteiger partial charge in [-0.2, -0.15) is 0 Å². The van der Waals surface area contributed by atoms with Crippen molar-refractivity contribution < 1.29 is 9.59 Å². The molecular weight excluding hydrogens is 278 g/mol. The van der Waals surface area contributed by atoms with Gasteiger partial charge in [-0.1, -0.05) is 18.3 Å². The lowest BCUT2D eigenvalue weighted by atomic mass is 10.3. The Hall–Kier alpha value is -1.70. The van der Waals surface area contributed by atoms with Crippen LogP contribution in [0.5, 0.6) is 0 Å². The molecule has 7 nitrogen and oxygen atoms in total. The SMILES string of the molecule is CCCNc1nnc(C(=O)NC(C)C(=O)NC2CC2)s1. The van der Waals surface area contributed by atoms with Gasteiger partial charge in [0, 0.05) is 12.6 Å². The van der Waals surface area contributed by atoms with Gasteiger partial charge in [0.05, 0.1) is 0 Å². The van der Waals surface area contributed by atoms with Gasteiger partial charge in [-0.15, -0.1) is 10.2 Å². The summed E-state index contributed by atoms with van der Waals surface area (Å²) in [6.45, 7) is 4.49. The molecule has 0 aromatic carbocycles. The van der Waals surface area contributed by atoms with E-state index in [1.165, 1.54) is 11.3 Å². The number of nitrogens with zero attached hydrogens (tertiary/aromatic N) is 2. The van der Waals surface area contributed by atoms with E-state index in [2.05, 4.69) is 26.1 Å². The van der Waals surface area contributed by atoms with E-state index >= 15 is 0 Å². The van der Waals surface area contributed by atoms with E-state index in [1.807, 2.05) is 6.92 Å². The first-order valence-electron chi connectivity index (χ1n) is 6.78. The second kappa shape index (κ2) is 6.65. The summed E-state index contributed by atoms with van der Waals surface area (Å²) in [7, 11) is 0. The molecule has 0 aliphatic heterocycles. The molecule has 3 N–H and O–H groups in total. The van der Waals surface area contributed by atoms with Crippen LogP contribution in [-0.2, 0) is 4.79 Å². The highest BCUT2D eigenvalue weighted by Gasteiger charge is 2.26. The number of hydrogen-bond acceptors (Lipinski definition) is 6. The summed E-state index contributed by atoms with van der Waals surface area (Å²) in [5, 5.41) is 17.1. The summed E-state index contributed by atoms with van der Waals surface area (Å²) in [4.78, 5) is 23.7. The maximum atomic E-state index is 11.9. The zero-order valence-corrected chi connectivity index (χ0v) is 12.4. The van der Waals surface area contributed by atoms with Crippen LogP contribution in [0.2, 0.25) is 0 Å². The predicted molar refractivity (Wildman–Crippen MR) is 76.8 cm³/mol. The fourth-order valence-corrected chi connectivity index (χ4v) is 2.17. The van der Waals surface area contributed by atoms with Crippen LogP contribution in [0.3, 0.4) is 0 Å². The van der Waals surface area contributed by atoms with E-state index in [0.717, 1.165) is 25.8 Å². The second-order valence-electron chi connectivity index (χ2n) is 4.82. The number of anilines is 1. The van der Waals surface area contributed by atoms with Crippen molar-refractivity contribution >= 4 is 28.3 Å². The topological polar surface area (TPSA) is 96.0 Å². The third-order valence-electron chi connectivity index (χ3n) is 2.81. The Labute approximate surface area is 121 Å². The quantitative estimate of drug-likeness (QED) is 0.690. The molecule has 0 saturated heterocycles. The van der Waals surface area contributed by atoms with Crippen LogP contribution in [0, 0.1) is 0 Å². The highest BCUT2D eigenvalue weighted by atomic mass is 32.1. The Balaban J connectivity index is 1.83. The second-order valence-corrected chi connectivity index (χ2v) is 5.79. The molecule has 1 heterocycles. The average molecular weight is 297 g/mol. The molecule has 0 bridgehead atoms. The third kappa shape index (κ3) is 4.16. The Morgan fingerprint density at radius 1 is 1.40 bits per heavy atom. The van der Waals surface area contributed by atoms with Crippen molar-refractivity contribution in [3.05, 3.63) is 5.01 Å². The first-order valence-corrected chi connectivity index (χ1v) is 7.60. The summed E-state index contributed by atoms with van der Waals surface area (Å²) in [5.41, 5.74) is 0. The molecule has 1 aromatic heterocycles. The monoisotopic (exact) mass is 297 g/mol. The van der Waals surface area contributed by atoms with Gasteiger partial charge in [-0.25, -0.2) is 0 Å². The predicted octanol–water partition coefficient (Wildman–Crippen LogP) is 0.757. The number of carbonyl (C=O) groups is 2. The molecule has 1 aliphatic carbocycles. The third-order valence-corrected chi connectivity index (χ3v) is 3.69. The molecule has 1 fully saturated rings. The highest BCUT2D eigenvalue weighted by molar-refractivity contribution is 7.17. The molecule has 1 atom stereocenters.